The fourth-order valence-electron chi connectivity index (χ4n) is 3.56. The summed E-state index contributed by atoms with van der Waals surface area (Å²) in [6, 6.07) is 29.9. The summed E-state index contributed by atoms with van der Waals surface area (Å²) in [5.74, 6) is -0.421. The second-order valence-corrected chi connectivity index (χ2v) is 8.18. The highest BCUT2D eigenvalue weighted by Gasteiger charge is 2.20. The van der Waals surface area contributed by atoms with Gasteiger partial charge >= 0.3 is 0 Å². The van der Waals surface area contributed by atoms with Gasteiger partial charge in [-0.15, -0.1) is 11.3 Å². The van der Waals surface area contributed by atoms with Crippen LogP contribution in [0.1, 0.15) is 33.7 Å². The molecule has 5 heteroatoms. The van der Waals surface area contributed by atoms with Crippen molar-refractivity contribution in [1.82, 2.24) is 10.6 Å². The monoisotopic (exact) mass is 430 g/mol. The van der Waals surface area contributed by atoms with Gasteiger partial charge in [0, 0.05) is 4.88 Å². The molecule has 1 unspecified atom stereocenters. The van der Waals surface area contributed by atoms with Gasteiger partial charge in [0.05, 0.1) is 18.6 Å². The van der Waals surface area contributed by atoms with E-state index >= 15 is 0 Å². The molecule has 0 saturated carbocycles. The SMILES string of the molecule is O=C(CNC(c1ccccc1)c1ccccc1)NC(c1ccc(F)cc1)c1cccs1. The lowest BCUT2D eigenvalue weighted by atomic mass is 9.99. The molecular formula is C26H23FN2OS. The summed E-state index contributed by atoms with van der Waals surface area (Å²) in [5.41, 5.74) is 3.03. The number of thiophene rings is 1. The van der Waals surface area contributed by atoms with Gasteiger partial charge in [0.2, 0.25) is 5.91 Å². The second kappa shape index (κ2) is 10.2. The Bertz CT molecular complexity index is 1040. The highest BCUT2D eigenvalue weighted by Crippen LogP contribution is 2.26. The van der Waals surface area contributed by atoms with Gasteiger partial charge in [-0.3, -0.25) is 10.1 Å². The van der Waals surface area contributed by atoms with Crippen molar-refractivity contribution in [3.05, 3.63) is 130 Å². The van der Waals surface area contributed by atoms with E-state index in [1.807, 2.05) is 53.9 Å². The average molecular weight is 431 g/mol. The van der Waals surface area contributed by atoms with E-state index < -0.39 is 0 Å². The molecule has 1 aromatic heterocycles. The Kier molecular flexibility index (Phi) is 6.87. The first-order chi connectivity index (χ1) is 15.2. The molecule has 1 atom stereocenters. The van der Waals surface area contributed by atoms with Crippen molar-refractivity contribution in [3.63, 3.8) is 0 Å². The molecule has 0 radical (unpaired) electrons. The largest absolute Gasteiger partial charge is 0.343 e. The third-order valence-corrected chi connectivity index (χ3v) is 6.01. The number of benzene rings is 3. The van der Waals surface area contributed by atoms with Crippen LogP contribution in [0.25, 0.3) is 0 Å². The molecule has 156 valence electrons. The lowest BCUT2D eigenvalue weighted by Gasteiger charge is -2.22. The molecule has 3 aromatic carbocycles. The Labute approximate surface area is 185 Å². The summed E-state index contributed by atoms with van der Waals surface area (Å²) < 4.78 is 13.4. The van der Waals surface area contributed by atoms with Gasteiger partial charge < -0.3 is 5.32 Å². The molecule has 0 aliphatic rings. The smallest absolute Gasteiger partial charge is 0.234 e. The van der Waals surface area contributed by atoms with Crippen molar-refractivity contribution >= 4 is 17.2 Å². The summed E-state index contributed by atoms with van der Waals surface area (Å²) in [6.45, 7) is 0.150. The molecule has 4 aromatic rings. The predicted octanol–water partition coefficient (Wildman–Crippen LogP) is 5.47. The van der Waals surface area contributed by atoms with Crippen LogP contribution in [0.15, 0.2) is 102 Å². The van der Waals surface area contributed by atoms with Gasteiger partial charge in [-0.05, 0) is 40.3 Å². The van der Waals surface area contributed by atoms with Crippen LogP contribution in [0.2, 0.25) is 0 Å². The van der Waals surface area contributed by atoms with Crippen LogP contribution in [0.4, 0.5) is 4.39 Å². The lowest BCUT2D eigenvalue weighted by molar-refractivity contribution is -0.120. The third kappa shape index (κ3) is 5.45. The minimum Gasteiger partial charge on any atom is -0.343 e. The van der Waals surface area contributed by atoms with Gasteiger partial charge in [0.15, 0.2) is 0 Å². The van der Waals surface area contributed by atoms with Gasteiger partial charge in [-0.1, -0.05) is 78.9 Å². The summed E-state index contributed by atoms with van der Waals surface area (Å²) in [4.78, 5) is 13.9. The Morgan fingerprint density at radius 1 is 0.742 bits per heavy atom. The minimum absolute atomic E-state index is 0.0980. The van der Waals surface area contributed by atoms with Gasteiger partial charge in [-0.25, -0.2) is 4.39 Å². The molecule has 0 saturated heterocycles. The van der Waals surface area contributed by atoms with Crippen molar-refractivity contribution in [2.45, 2.75) is 12.1 Å². The Hall–Kier alpha value is -3.28. The van der Waals surface area contributed by atoms with E-state index in [0.29, 0.717) is 0 Å². The van der Waals surface area contributed by atoms with E-state index in [-0.39, 0.29) is 30.4 Å². The van der Waals surface area contributed by atoms with E-state index in [0.717, 1.165) is 21.6 Å². The molecule has 0 aliphatic heterocycles. The number of halogens is 1. The zero-order valence-electron chi connectivity index (χ0n) is 16.9. The Morgan fingerprint density at radius 2 is 1.32 bits per heavy atom. The van der Waals surface area contributed by atoms with Crippen molar-refractivity contribution in [1.29, 1.82) is 0 Å². The number of amides is 1. The van der Waals surface area contributed by atoms with Crippen molar-refractivity contribution < 1.29 is 9.18 Å². The predicted molar refractivity (Wildman–Crippen MR) is 123 cm³/mol. The molecule has 31 heavy (non-hydrogen) atoms. The standard InChI is InChI=1S/C26H23FN2OS/c27-22-15-13-21(14-16-22)26(23-12-7-17-31-23)29-24(30)18-28-25(19-8-3-1-4-9-19)20-10-5-2-6-11-20/h1-17,25-26,28H,18H2,(H,29,30). The number of rotatable bonds is 8. The average Bonchev–Trinajstić information content (AvgIpc) is 3.34. The first kappa shape index (κ1) is 21.0. The van der Waals surface area contributed by atoms with Crippen molar-refractivity contribution in [2.75, 3.05) is 6.54 Å². The lowest BCUT2D eigenvalue weighted by Crippen LogP contribution is -2.38. The molecule has 3 nitrogen and oxygen atoms in total. The van der Waals surface area contributed by atoms with Crippen LogP contribution in [0, 0.1) is 5.82 Å². The first-order valence-electron chi connectivity index (χ1n) is 10.1. The molecule has 0 bridgehead atoms. The van der Waals surface area contributed by atoms with Gasteiger partial charge in [0.1, 0.15) is 5.82 Å². The Balaban J connectivity index is 1.50. The summed E-state index contributed by atoms with van der Waals surface area (Å²) in [6.07, 6.45) is 0. The van der Waals surface area contributed by atoms with Crippen LogP contribution in [-0.2, 0) is 4.79 Å². The fraction of sp³-hybridized carbons (Fsp3) is 0.115. The Morgan fingerprint density at radius 3 is 1.87 bits per heavy atom. The van der Waals surface area contributed by atoms with Gasteiger partial charge in [0.25, 0.3) is 0 Å². The molecule has 1 heterocycles. The van der Waals surface area contributed by atoms with E-state index in [1.54, 1.807) is 23.5 Å². The van der Waals surface area contributed by atoms with E-state index in [4.69, 9.17) is 0 Å². The first-order valence-corrected chi connectivity index (χ1v) is 11.0. The minimum atomic E-state index is -0.318. The molecular weight excluding hydrogens is 407 g/mol. The molecule has 2 N–H and O–H groups in total. The summed E-state index contributed by atoms with van der Waals surface area (Å²) in [5, 5.41) is 8.46. The van der Waals surface area contributed by atoms with Crippen molar-refractivity contribution in [3.8, 4) is 0 Å². The summed E-state index contributed by atoms with van der Waals surface area (Å²) in [7, 11) is 0. The maximum absolute atomic E-state index is 13.4. The second-order valence-electron chi connectivity index (χ2n) is 7.20. The number of carbonyl (C=O) groups is 1. The van der Waals surface area contributed by atoms with E-state index in [2.05, 4.69) is 34.9 Å². The van der Waals surface area contributed by atoms with Crippen LogP contribution >= 0.6 is 11.3 Å². The molecule has 0 fully saturated rings. The zero-order valence-corrected chi connectivity index (χ0v) is 17.7. The number of carbonyl (C=O) groups excluding carboxylic acids is 1. The van der Waals surface area contributed by atoms with Crippen LogP contribution < -0.4 is 10.6 Å². The highest BCUT2D eigenvalue weighted by atomic mass is 32.1. The molecule has 4 rings (SSSR count). The molecule has 0 aliphatic carbocycles. The zero-order chi connectivity index (χ0) is 21.5. The molecule has 0 spiro atoms. The maximum atomic E-state index is 13.4. The van der Waals surface area contributed by atoms with Crippen molar-refractivity contribution in [2.24, 2.45) is 0 Å². The molecule has 1 amide bonds. The van der Waals surface area contributed by atoms with E-state index in [1.165, 1.54) is 12.1 Å². The van der Waals surface area contributed by atoms with Crippen LogP contribution in [0.3, 0.4) is 0 Å². The topological polar surface area (TPSA) is 41.1 Å². The van der Waals surface area contributed by atoms with Crippen LogP contribution in [-0.4, -0.2) is 12.5 Å². The normalized spacial score (nSPS) is 11.9. The number of hydrogen-bond donors (Lipinski definition) is 2. The third-order valence-electron chi connectivity index (χ3n) is 5.07. The van der Waals surface area contributed by atoms with Crippen LogP contribution in [0.5, 0.6) is 0 Å². The summed E-state index contributed by atoms with van der Waals surface area (Å²) >= 11 is 1.56. The maximum Gasteiger partial charge on any atom is 0.234 e. The number of nitrogens with one attached hydrogen (secondary N) is 2. The van der Waals surface area contributed by atoms with E-state index in [9.17, 15) is 9.18 Å². The quantitative estimate of drug-likeness (QED) is 0.389. The number of hydrogen-bond acceptors (Lipinski definition) is 3. The fourth-order valence-corrected chi connectivity index (χ4v) is 4.36. The van der Waals surface area contributed by atoms with Gasteiger partial charge in [-0.2, -0.15) is 0 Å². The highest BCUT2D eigenvalue weighted by molar-refractivity contribution is 7.10.